The van der Waals surface area contributed by atoms with E-state index in [4.69, 9.17) is 9.47 Å². The third kappa shape index (κ3) is 5.39. The molecule has 0 bridgehead atoms. The standard InChI is InChI=1S/C17H31N3O4/c21-13-10-19-15-4-3-14(24-16(15)12-23-11-13)9-17(22)18-5-8-20-6-1-2-7-20/h13-16,19,21H,1-12H2,(H,18,22)/t13-,14+,15-,16+/m1/s1. The Morgan fingerprint density at radius 2 is 2.08 bits per heavy atom. The Hall–Kier alpha value is -0.730. The van der Waals surface area contributed by atoms with Crippen molar-refractivity contribution in [2.75, 3.05) is 45.9 Å². The van der Waals surface area contributed by atoms with Gasteiger partial charge in [-0.2, -0.15) is 0 Å². The summed E-state index contributed by atoms with van der Waals surface area (Å²) in [5, 5.41) is 16.0. The van der Waals surface area contributed by atoms with Crippen molar-refractivity contribution >= 4 is 5.91 Å². The number of likely N-dealkylation sites (tertiary alicyclic amines) is 1. The van der Waals surface area contributed by atoms with Crippen LogP contribution in [-0.4, -0.2) is 86.2 Å². The smallest absolute Gasteiger partial charge is 0.222 e. The van der Waals surface area contributed by atoms with E-state index in [1.165, 1.54) is 12.8 Å². The van der Waals surface area contributed by atoms with Gasteiger partial charge >= 0.3 is 0 Å². The van der Waals surface area contributed by atoms with Crippen molar-refractivity contribution in [3.63, 3.8) is 0 Å². The summed E-state index contributed by atoms with van der Waals surface area (Å²) in [7, 11) is 0. The van der Waals surface area contributed by atoms with E-state index < -0.39 is 6.10 Å². The van der Waals surface area contributed by atoms with Crippen LogP contribution < -0.4 is 10.6 Å². The van der Waals surface area contributed by atoms with E-state index in [2.05, 4.69) is 15.5 Å². The van der Waals surface area contributed by atoms with Gasteiger partial charge in [-0.15, -0.1) is 0 Å². The van der Waals surface area contributed by atoms with Crippen LogP contribution in [0.15, 0.2) is 0 Å². The van der Waals surface area contributed by atoms with Crippen molar-refractivity contribution in [1.82, 2.24) is 15.5 Å². The summed E-state index contributed by atoms with van der Waals surface area (Å²) < 4.78 is 11.6. The van der Waals surface area contributed by atoms with Gasteiger partial charge in [0.25, 0.3) is 0 Å². The normalized spacial score (nSPS) is 35.0. The number of nitrogens with zero attached hydrogens (tertiary/aromatic N) is 1. The number of nitrogens with one attached hydrogen (secondary N) is 2. The first-order valence-electron chi connectivity index (χ1n) is 9.34. The van der Waals surface area contributed by atoms with Gasteiger partial charge in [0, 0.05) is 25.7 Å². The molecule has 0 aromatic rings. The van der Waals surface area contributed by atoms with Gasteiger partial charge in [-0.1, -0.05) is 0 Å². The molecule has 24 heavy (non-hydrogen) atoms. The Labute approximate surface area is 144 Å². The minimum atomic E-state index is -0.454. The number of aliphatic hydroxyl groups is 1. The molecule has 0 aliphatic carbocycles. The SMILES string of the molecule is O=C(C[C@@H]1CC[C@H]2NC[C@@H](O)COC[C@@H]2O1)NCCN1CCCC1. The molecule has 0 aromatic heterocycles. The maximum absolute atomic E-state index is 12.1. The van der Waals surface area contributed by atoms with Crippen molar-refractivity contribution in [3.05, 3.63) is 0 Å². The number of hydrogen-bond donors (Lipinski definition) is 3. The van der Waals surface area contributed by atoms with Crippen molar-refractivity contribution in [1.29, 1.82) is 0 Å². The fourth-order valence-electron chi connectivity index (χ4n) is 3.81. The average Bonchev–Trinajstić information content (AvgIpc) is 3.05. The fraction of sp³-hybridized carbons (Fsp3) is 0.941. The van der Waals surface area contributed by atoms with Crippen molar-refractivity contribution in [2.24, 2.45) is 0 Å². The lowest BCUT2D eigenvalue weighted by molar-refractivity contribution is -0.137. The second kappa shape index (κ2) is 9.10. The van der Waals surface area contributed by atoms with Crippen LogP contribution in [0.1, 0.15) is 32.1 Å². The highest BCUT2D eigenvalue weighted by atomic mass is 16.5. The zero-order valence-corrected chi connectivity index (χ0v) is 14.4. The number of aliphatic hydroxyl groups excluding tert-OH is 1. The first kappa shape index (κ1) is 18.1. The molecular formula is C17H31N3O4. The van der Waals surface area contributed by atoms with E-state index in [1.54, 1.807) is 0 Å². The molecule has 3 N–H and O–H groups in total. The van der Waals surface area contributed by atoms with Gasteiger partial charge in [0.2, 0.25) is 5.91 Å². The minimum Gasteiger partial charge on any atom is -0.389 e. The predicted octanol–water partition coefficient (Wildman–Crippen LogP) is -0.515. The lowest BCUT2D eigenvalue weighted by Crippen LogP contribution is -2.54. The molecule has 1 amide bonds. The van der Waals surface area contributed by atoms with Gasteiger partial charge in [0.15, 0.2) is 0 Å². The second-order valence-electron chi connectivity index (χ2n) is 7.18. The van der Waals surface area contributed by atoms with Crippen LogP contribution in [0.25, 0.3) is 0 Å². The van der Waals surface area contributed by atoms with E-state index in [-0.39, 0.29) is 24.2 Å². The third-order valence-electron chi connectivity index (χ3n) is 5.19. The summed E-state index contributed by atoms with van der Waals surface area (Å²) in [6.45, 7) is 5.33. The van der Waals surface area contributed by atoms with Crippen molar-refractivity contribution in [3.8, 4) is 0 Å². The molecule has 3 heterocycles. The van der Waals surface area contributed by atoms with E-state index >= 15 is 0 Å². The quantitative estimate of drug-likeness (QED) is 0.625. The van der Waals surface area contributed by atoms with E-state index in [1.807, 2.05) is 0 Å². The first-order valence-corrected chi connectivity index (χ1v) is 9.34. The average molecular weight is 341 g/mol. The number of rotatable bonds is 5. The van der Waals surface area contributed by atoms with Gasteiger partial charge in [0.1, 0.15) is 0 Å². The fourth-order valence-corrected chi connectivity index (χ4v) is 3.81. The maximum atomic E-state index is 12.1. The summed E-state index contributed by atoms with van der Waals surface area (Å²) in [5.74, 6) is 0.0767. The molecule has 3 rings (SSSR count). The highest BCUT2D eigenvalue weighted by molar-refractivity contribution is 5.76. The molecule has 7 nitrogen and oxygen atoms in total. The molecule has 3 aliphatic heterocycles. The van der Waals surface area contributed by atoms with Crippen molar-refractivity contribution < 1.29 is 19.4 Å². The Bertz CT molecular complexity index is 403. The molecule has 0 unspecified atom stereocenters. The molecule has 0 saturated carbocycles. The second-order valence-corrected chi connectivity index (χ2v) is 7.18. The minimum absolute atomic E-state index is 0.0337. The molecule has 0 aromatic carbocycles. The topological polar surface area (TPSA) is 83.1 Å². The molecule has 3 aliphatic rings. The largest absolute Gasteiger partial charge is 0.389 e. The zero-order valence-electron chi connectivity index (χ0n) is 14.4. The van der Waals surface area contributed by atoms with Crippen LogP contribution in [0.5, 0.6) is 0 Å². The number of hydrogen-bond acceptors (Lipinski definition) is 6. The lowest BCUT2D eigenvalue weighted by atomic mass is 9.96. The number of fused-ring (bicyclic) bond motifs is 1. The van der Waals surface area contributed by atoms with Gasteiger partial charge in [-0.25, -0.2) is 0 Å². The van der Waals surface area contributed by atoms with Crippen LogP contribution in [0.2, 0.25) is 0 Å². The highest BCUT2D eigenvalue weighted by Gasteiger charge is 2.33. The molecular weight excluding hydrogens is 310 g/mol. The molecule has 138 valence electrons. The van der Waals surface area contributed by atoms with E-state index in [0.29, 0.717) is 26.2 Å². The number of carbonyl (C=O) groups is 1. The Morgan fingerprint density at radius 1 is 1.25 bits per heavy atom. The lowest BCUT2D eigenvalue weighted by Gasteiger charge is -2.38. The number of amides is 1. The van der Waals surface area contributed by atoms with Crippen LogP contribution in [0.3, 0.4) is 0 Å². The molecule has 3 saturated heterocycles. The predicted molar refractivity (Wildman–Crippen MR) is 89.8 cm³/mol. The van der Waals surface area contributed by atoms with E-state index in [0.717, 1.165) is 39.0 Å². The third-order valence-corrected chi connectivity index (χ3v) is 5.19. The van der Waals surface area contributed by atoms with E-state index in [9.17, 15) is 9.90 Å². The van der Waals surface area contributed by atoms with Gasteiger partial charge in [0.05, 0.1) is 37.9 Å². The van der Waals surface area contributed by atoms with Gasteiger partial charge in [-0.05, 0) is 38.8 Å². The number of carbonyl (C=O) groups excluding carboxylic acids is 1. The van der Waals surface area contributed by atoms with Crippen LogP contribution >= 0.6 is 0 Å². The van der Waals surface area contributed by atoms with Gasteiger partial charge in [-0.3, -0.25) is 4.79 Å². The number of ether oxygens (including phenoxy) is 2. The Morgan fingerprint density at radius 3 is 2.92 bits per heavy atom. The van der Waals surface area contributed by atoms with Gasteiger partial charge < -0.3 is 30.1 Å². The zero-order chi connectivity index (χ0) is 16.8. The summed E-state index contributed by atoms with van der Waals surface area (Å²) in [4.78, 5) is 14.5. The summed E-state index contributed by atoms with van der Waals surface area (Å²) in [6.07, 6.45) is 4.27. The molecule has 0 radical (unpaired) electrons. The summed E-state index contributed by atoms with van der Waals surface area (Å²) in [5.41, 5.74) is 0. The van der Waals surface area contributed by atoms with Crippen LogP contribution in [-0.2, 0) is 14.3 Å². The number of β-amino-alcohol motifs (C(OH)–C–C–N with tert-alkyl or cyclic N) is 1. The monoisotopic (exact) mass is 341 g/mol. The molecule has 4 atom stereocenters. The molecule has 3 fully saturated rings. The summed E-state index contributed by atoms with van der Waals surface area (Å²) in [6, 6.07) is 0.203. The van der Waals surface area contributed by atoms with Crippen molar-refractivity contribution in [2.45, 2.75) is 56.5 Å². The molecule has 7 heteroatoms. The molecule has 0 spiro atoms. The summed E-state index contributed by atoms with van der Waals surface area (Å²) >= 11 is 0. The Balaban J connectivity index is 1.35. The van der Waals surface area contributed by atoms with Crippen LogP contribution in [0, 0.1) is 0 Å². The first-order chi connectivity index (χ1) is 11.7. The Kier molecular flexibility index (Phi) is 6.85. The van der Waals surface area contributed by atoms with Crippen LogP contribution in [0.4, 0.5) is 0 Å². The highest BCUT2D eigenvalue weighted by Crippen LogP contribution is 2.23. The maximum Gasteiger partial charge on any atom is 0.222 e.